The summed E-state index contributed by atoms with van der Waals surface area (Å²) in [4.78, 5) is 25.5. The molecule has 0 radical (unpaired) electrons. The van der Waals surface area contributed by atoms with E-state index < -0.39 is 71.2 Å². The van der Waals surface area contributed by atoms with Crippen LogP contribution in [0.25, 0.3) is 0 Å². The summed E-state index contributed by atoms with van der Waals surface area (Å²) >= 11 is 0. The van der Waals surface area contributed by atoms with E-state index >= 15 is 0 Å². The largest absolute Gasteiger partial charge is 0.462 e. The monoisotopic (exact) mass is 959 g/mol. The number of hydrogen-bond acceptors (Lipinski definition) is 11. The van der Waals surface area contributed by atoms with Crippen LogP contribution < -0.4 is 0 Å². The molecule has 0 amide bonds. The van der Waals surface area contributed by atoms with Crippen LogP contribution in [0, 0.1) is 0 Å². The second-order valence-corrected chi connectivity index (χ2v) is 20.4. The Kier molecular flexibility index (Phi) is 40.7. The normalized spacial score (nSPS) is 19.5. The van der Waals surface area contributed by atoms with Crippen LogP contribution in [-0.4, -0.2) is 96.0 Å². The van der Waals surface area contributed by atoms with Gasteiger partial charge in [-0.2, -0.15) is 8.42 Å². The minimum Gasteiger partial charge on any atom is -0.462 e. The van der Waals surface area contributed by atoms with E-state index in [4.69, 9.17) is 18.9 Å². The molecule has 0 aromatic heterocycles. The van der Waals surface area contributed by atoms with E-state index in [1.807, 2.05) is 0 Å². The van der Waals surface area contributed by atoms with E-state index in [2.05, 4.69) is 38.2 Å². The van der Waals surface area contributed by atoms with Crippen molar-refractivity contribution in [3.05, 3.63) is 24.3 Å². The number of carbonyl (C=O) groups is 2. The fraction of sp³-hybridized carbons (Fsp3) is 0.887. The topological polar surface area (TPSA) is 186 Å². The lowest BCUT2D eigenvalue weighted by atomic mass is 10.00. The summed E-state index contributed by atoms with van der Waals surface area (Å²) in [5.74, 6) is -2.01. The zero-order chi connectivity index (χ0) is 48.4. The van der Waals surface area contributed by atoms with Gasteiger partial charge in [-0.3, -0.25) is 14.1 Å². The van der Waals surface area contributed by atoms with Crippen LogP contribution in [0.3, 0.4) is 0 Å². The Labute approximate surface area is 402 Å². The number of aliphatic hydroxyl groups is 3. The van der Waals surface area contributed by atoms with Crippen LogP contribution >= 0.6 is 0 Å². The first-order chi connectivity index (χ1) is 32.0. The lowest BCUT2D eigenvalue weighted by Crippen LogP contribution is -2.60. The molecule has 0 spiro atoms. The van der Waals surface area contributed by atoms with Crippen LogP contribution in [0.1, 0.15) is 245 Å². The molecule has 0 aromatic carbocycles. The van der Waals surface area contributed by atoms with E-state index in [1.165, 1.54) is 167 Å². The molecule has 66 heavy (non-hydrogen) atoms. The first-order valence-electron chi connectivity index (χ1n) is 26.9. The highest BCUT2D eigenvalue weighted by Gasteiger charge is 2.46. The van der Waals surface area contributed by atoms with Crippen LogP contribution in [-0.2, 0) is 38.7 Å². The Morgan fingerprint density at radius 2 is 0.894 bits per heavy atom. The highest BCUT2D eigenvalue weighted by atomic mass is 32.2. The van der Waals surface area contributed by atoms with E-state index in [-0.39, 0.29) is 19.4 Å². The molecule has 388 valence electrons. The number of ether oxygens (including phenoxy) is 4. The van der Waals surface area contributed by atoms with Gasteiger partial charge >= 0.3 is 11.9 Å². The molecular weight excluding hydrogens is 861 g/mol. The fourth-order valence-corrected chi connectivity index (χ4v) is 9.00. The molecule has 1 aliphatic heterocycles. The van der Waals surface area contributed by atoms with Crippen molar-refractivity contribution in [3.8, 4) is 0 Å². The first-order valence-corrected chi connectivity index (χ1v) is 28.5. The number of allylic oxidation sites excluding steroid dienone is 4. The maximum Gasteiger partial charge on any atom is 0.306 e. The van der Waals surface area contributed by atoms with Crippen LogP contribution in [0.15, 0.2) is 24.3 Å². The van der Waals surface area contributed by atoms with Gasteiger partial charge in [0.1, 0.15) is 36.8 Å². The highest BCUT2D eigenvalue weighted by Crippen LogP contribution is 2.24. The van der Waals surface area contributed by atoms with Gasteiger partial charge < -0.3 is 34.3 Å². The van der Waals surface area contributed by atoms with Gasteiger partial charge in [-0.1, -0.05) is 205 Å². The molecule has 2 unspecified atom stereocenters. The van der Waals surface area contributed by atoms with E-state index in [0.717, 1.165) is 38.5 Å². The number of esters is 2. The second-order valence-electron chi connectivity index (χ2n) is 18.9. The van der Waals surface area contributed by atoms with Gasteiger partial charge in [0.05, 0.1) is 6.61 Å². The predicted molar refractivity (Wildman–Crippen MR) is 266 cm³/mol. The van der Waals surface area contributed by atoms with Crippen molar-refractivity contribution in [2.75, 3.05) is 19.0 Å². The second kappa shape index (κ2) is 43.2. The Bertz CT molecular complexity index is 1310. The van der Waals surface area contributed by atoms with Crippen LogP contribution in [0.4, 0.5) is 0 Å². The summed E-state index contributed by atoms with van der Waals surface area (Å²) in [5, 5.41) is 31.0. The molecule has 1 heterocycles. The Morgan fingerprint density at radius 1 is 0.500 bits per heavy atom. The third kappa shape index (κ3) is 37.1. The summed E-state index contributed by atoms with van der Waals surface area (Å²) in [5.41, 5.74) is 0. The van der Waals surface area contributed by atoms with Crippen molar-refractivity contribution < 1.29 is 56.8 Å². The minimum atomic E-state index is -4.61. The average Bonchev–Trinajstić information content (AvgIpc) is 3.28. The van der Waals surface area contributed by atoms with Gasteiger partial charge in [0, 0.05) is 12.8 Å². The van der Waals surface area contributed by atoms with Crippen molar-refractivity contribution in [2.45, 2.75) is 282 Å². The summed E-state index contributed by atoms with van der Waals surface area (Å²) in [7, 11) is -4.61. The summed E-state index contributed by atoms with van der Waals surface area (Å²) < 4.78 is 54.2. The van der Waals surface area contributed by atoms with Gasteiger partial charge in [0.15, 0.2) is 12.4 Å². The Hall–Kier alpha value is -1.87. The summed E-state index contributed by atoms with van der Waals surface area (Å²) in [6.07, 6.45) is 40.9. The van der Waals surface area contributed by atoms with Gasteiger partial charge in [0.2, 0.25) is 0 Å². The Morgan fingerprint density at radius 3 is 1.35 bits per heavy atom. The smallest absolute Gasteiger partial charge is 0.306 e. The molecule has 0 aromatic rings. The molecule has 6 atom stereocenters. The fourth-order valence-electron chi connectivity index (χ4n) is 8.31. The van der Waals surface area contributed by atoms with E-state index in [1.54, 1.807) is 0 Å². The number of rotatable bonds is 46. The van der Waals surface area contributed by atoms with Crippen molar-refractivity contribution in [1.82, 2.24) is 0 Å². The maximum absolute atomic E-state index is 12.9. The molecule has 4 N–H and O–H groups in total. The van der Waals surface area contributed by atoms with Crippen molar-refractivity contribution >= 4 is 22.1 Å². The molecule has 0 bridgehead atoms. The standard InChI is InChI=1S/C53H98O12S/c1-3-5-7-9-11-13-15-17-19-20-21-22-23-24-25-26-28-29-31-33-35-37-39-41-48(54)62-43-46(44-63-53-52(58)51(57)50(56)47(65-53)45-66(59,60)61)64-49(55)42-40-38-36-34-32-30-27-18-16-14-12-10-8-6-4-2/h10,12,33,35,46-47,50-53,56-58H,3-9,11,13-32,34,36-45H2,1-2H3,(H,59,60,61)/b12-10+,35-33+/t46-,47-,50-,51?,52?,53+/m1/s1. The van der Waals surface area contributed by atoms with Gasteiger partial charge in [0.25, 0.3) is 10.1 Å². The first kappa shape index (κ1) is 62.1. The maximum atomic E-state index is 12.9. The van der Waals surface area contributed by atoms with Gasteiger partial charge in [-0.25, -0.2) is 0 Å². The molecule has 1 rings (SSSR count). The number of aliphatic hydroxyl groups excluding tert-OH is 3. The van der Waals surface area contributed by atoms with E-state index in [0.29, 0.717) is 12.8 Å². The molecule has 0 saturated carbocycles. The molecule has 1 aliphatic rings. The Balaban J connectivity index is 2.33. The zero-order valence-electron chi connectivity index (χ0n) is 41.8. The average molecular weight is 959 g/mol. The summed E-state index contributed by atoms with van der Waals surface area (Å²) in [6.45, 7) is 3.75. The van der Waals surface area contributed by atoms with E-state index in [9.17, 15) is 37.9 Å². The van der Waals surface area contributed by atoms with Crippen molar-refractivity contribution in [3.63, 3.8) is 0 Å². The predicted octanol–water partition coefficient (Wildman–Crippen LogP) is 12.3. The third-order valence-corrected chi connectivity index (χ3v) is 13.3. The molecular formula is C53H98O12S. The number of carbonyl (C=O) groups excluding carboxylic acids is 2. The molecule has 0 aliphatic carbocycles. The van der Waals surface area contributed by atoms with Crippen LogP contribution in [0.5, 0.6) is 0 Å². The highest BCUT2D eigenvalue weighted by molar-refractivity contribution is 7.85. The van der Waals surface area contributed by atoms with Gasteiger partial charge in [-0.05, 0) is 51.4 Å². The zero-order valence-corrected chi connectivity index (χ0v) is 42.6. The molecule has 1 fully saturated rings. The SMILES string of the molecule is CCCC/C=C/CCCCCCCCCCCC(=O)O[C@H](COC(=O)CCC/C=C/CCCCCCCCCCCCCCCCCCCC)CO[C@H]1O[C@H](CS(=O)(=O)O)[C@@H](O)C(O)C1O. The summed E-state index contributed by atoms with van der Waals surface area (Å²) in [6, 6.07) is 0. The quantitative estimate of drug-likeness (QED) is 0.0196. The third-order valence-electron chi connectivity index (χ3n) is 12.5. The molecule has 12 nitrogen and oxygen atoms in total. The lowest BCUT2D eigenvalue weighted by Gasteiger charge is -2.40. The van der Waals surface area contributed by atoms with Crippen LogP contribution in [0.2, 0.25) is 0 Å². The number of unbranched alkanes of at least 4 members (excludes halogenated alkanes) is 30. The van der Waals surface area contributed by atoms with Crippen molar-refractivity contribution in [2.24, 2.45) is 0 Å². The lowest BCUT2D eigenvalue weighted by molar-refractivity contribution is -0.297. The molecule has 13 heteroatoms. The minimum absolute atomic E-state index is 0.159. The number of hydrogen-bond donors (Lipinski definition) is 4. The molecule has 1 saturated heterocycles. The van der Waals surface area contributed by atoms with Crippen molar-refractivity contribution in [1.29, 1.82) is 0 Å². The van der Waals surface area contributed by atoms with Gasteiger partial charge in [-0.15, -0.1) is 0 Å².